The normalized spacial score (nSPS) is 12.8. The molecule has 0 aliphatic rings. The summed E-state index contributed by atoms with van der Waals surface area (Å²) in [4.78, 5) is 33.9. The predicted molar refractivity (Wildman–Crippen MR) is 121 cm³/mol. The summed E-state index contributed by atoms with van der Waals surface area (Å²) in [6, 6.07) is 11.9. The second-order valence-corrected chi connectivity index (χ2v) is 8.32. The Morgan fingerprint density at radius 3 is 2.52 bits per heavy atom. The third kappa shape index (κ3) is 6.36. The SMILES string of the molecule is CC(NC(=O)C(NC(=O)COc1ccccc1)C(C)C)c1nc(-c2cccnc2)cs1. The number of ether oxygens (including phenoxy) is 1. The maximum absolute atomic E-state index is 12.9. The van der Waals surface area contributed by atoms with Gasteiger partial charge in [0.15, 0.2) is 6.61 Å². The molecule has 2 unspecified atom stereocenters. The highest BCUT2D eigenvalue weighted by Gasteiger charge is 2.26. The lowest BCUT2D eigenvalue weighted by Crippen LogP contribution is -2.51. The first-order chi connectivity index (χ1) is 14.9. The molecular formula is C23H26N4O3S. The Morgan fingerprint density at radius 1 is 1.06 bits per heavy atom. The Balaban J connectivity index is 1.57. The molecule has 3 aromatic rings. The van der Waals surface area contributed by atoms with E-state index in [4.69, 9.17) is 4.74 Å². The Labute approximate surface area is 185 Å². The van der Waals surface area contributed by atoms with Gasteiger partial charge in [0.05, 0.1) is 11.7 Å². The Bertz CT molecular complexity index is 992. The summed E-state index contributed by atoms with van der Waals surface area (Å²) >= 11 is 1.47. The van der Waals surface area contributed by atoms with Gasteiger partial charge in [0, 0.05) is 23.3 Å². The first kappa shape index (κ1) is 22.4. The lowest BCUT2D eigenvalue weighted by atomic mass is 10.0. The minimum absolute atomic E-state index is 0.0878. The summed E-state index contributed by atoms with van der Waals surface area (Å²) in [5, 5.41) is 8.46. The van der Waals surface area contributed by atoms with Crippen molar-refractivity contribution in [2.75, 3.05) is 6.61 Å². The average Bonchev–Trinajstić information content (AvgIpc) is 3.27. The van der Waals surface area contributed by atoms with Gasteiger partial charge in [-0.25, -0.2) is 4.98 Å². The molecule has 0 fully saturated rings. The Kier molecular flexibility index (Phi) is 7.72. The first-order valence-electron chi connectivity index (χ1n) is 10.1. The van der Waals surface area contributed by atoms with E-state index in [-0.39, 0.29) is 30.4 Å². The number of para-hydroxylation sites is 1. The van der Waals surface area contributed by atoms with Crippen LogP contribution in [0, 0.1) is 5.92 Å². The van der Waals surface area contributed by atoms with Crippen molar-refractivity contribution in [1.29, 1.82) is 0 Å². The van der Waals surface area contributed by atoms with Crippen LogP contribution in [-0.2, 0) is 9.59 Å². The van der Waals surface area contributed by atoms with Crippen LogP contribution in [0.3, 0.4) is 0 Å². The van der Waals surface area contributed by atoms with Crippen LogP contribution < -0.4 is 15.4 Å². The molecule has 0 saturated heterocycles. The molecule has 2 amide bonds. The van der Waals surface area contributed by atoms with Gasteiger partial charge >= 0.3 is 0 Å². The number of carbonyl (C=O) groups is 2. The van der Waals surface area contributed by atoms with Crippen molar-refractivity contribution in [2.45, 2.75) is 32.9 Å². The maximum Gasteiger partial charge on any atom is 0.258 e. The Morgan fingerprint density at radius 2 is 1.84 bits per heavy atom. The van der Waals surface area contributed by atoms with Crippen LogP contribution in [0.5, 0.6) is 5.75 Å². The highest BCUT2D eigenvalue weighted by Crippen LogP contribution is 2.25. The molecule has 0 saturated carbocycles. The van der Waals surface area contributed by atoms with Gasteiger partial charge in [-0.2, -0.15) is 0 Å². The molecule has 2 heterocycles. The fourth-order valence-corrected chi connectivity index (χ4v) is 3.75. The number of thiazole rings is 1. The molecule has 8 heteroatoms. The van der Waals surface area contributed by atoms with Crippen LogP contribution >= 0.6 is 11.3 Å². The van der Waals surface area contributed by atoms with E-state index in [0.29, 0.717) is 5.75 Å². The number of pyridine rings is 1. The predicted octanol–water partition coefficient (Wildman–Crippen LogP) is 3.60. The summed E-state index contributed by atoms with van der Waals surface area (Å²) in [6.07, 6.45) is 3.47. The van der Waals surface area contributed by atoms with Crippen LogP contribution in [0.1, 0.15) is 31.8 Å². The minimum Gasteiger partial charge on any atom is -0.484 e. The second kappa shape index (κ2) is 10.7. The van der Waals surface area contributed by atoms with Gasteiger partial charge in [-0.15, -0.1) is 11.3 Å². The molecule has 0 spiro atoms. The number of aromatic nitrogens is 2. The lowest BCUT2D eigenvalue weighted by Gasteiger charge is -2.23. The molecule has 1 aromatic carbocycles. The van der Waals surface area contributed by atoms with Gasteiger partial charge < -0.3 is 15.4 Å². The molecule has 0 bridgehead atoms. The van der Waals surface area contributed by atoms with Crippen molar-refractivity contribution in [2.24, 2.45) is 5.92 Å². The zero-order valence-electron chi connectivity index (χ0n) is 17.7. The van der Waals surface area contributed by atoms with Gasteiger partial charge in [0.25, 0.3) is 5.91 Å². The first-order valence-corrected chi connectivity index (χ1v) is 11.0. The molecular weight excluding hydrogens is 412 g/mol. The van der Waals surface area contributed by atoms with Crippen LogP contribution in [0.15, 0.2) is 60.2 Å². The minimum atomic E-state index is -0.674. The van der Waals surface area contributed by atoms with Crippen LogP contribution in [0.2, 0.25) is 0 Å². The smallest absolute Gasteiger partial charge is 0.258 e. The van der Waals surface area contributed by atoms with Crippen LogP contribution in [0.25, 0.3) is 11.3 Å². The van der Waals surface area contributed by atoms with Crippen molar-refractivity contribution in [3.63, 3.8) is 0 Å². The summed E-state index contributed by atoms with van der Waals surface area (Å²) in [6.45, 7) is 5.49. The van der Waals surface area contributed by atoms with Gasteiger partial charge in [-0.1, -0.05) is 32.0 Å². The molecule has 0 radical (unpaired) electrons. The number of amides is 2. The van der Waals surface area contributed by atoms with Crippen molar-refractivity contribution in [1.82, 2.24) is 20.6 Å². The zero-order valence-corrected chi connectivity index (χ0v) is 18.6. The van der Waals surface area contributed by atoms with E-state index in [2.05, 4.69) is 20.6 Å². The third-order valence-electron chi connectivity index (χ3n) is 4.59. The number of hydrogen-bond acceptors (Lipinski definition) is 6. The summed E-state index contributed by atoms with van der Waals surface area (Å²) in [5.41, 5.74) is 1.75. The van der Waals surface area contributed by atoms with Crippen molar-refractivity contribution in [3.8, 4) is 17.0 Å². The standard InChI is InChI=1S/C23H26N4O3S/c1-15(2)21(27-20(28)13-30-18-9-5-4-6-10-18)22(29)25-16(3)23-26-19(14-31-23)17-8-7-11-24-12-17/h4-12,14-16,21H,13H2,1-3H3,(H,25,29)(H,27,28). The van der Waals surface area contributed by atoms with Gasteiger partial charge in [-0.3, -0.25) is 14.6 Å². The topological polar surface area (TPSA) is 93.2 Å². The van der Waals surface area contributed by atoms with Crippen LogP contribution in [0.4, 0.5) is 0 Å². The van der Waals surface area contributed by atoms with E-state index in [1.165, 1.54) is 11.3 Å². The van der Waals surface area contributed by atoms with E-state index in [0.717, 1.165) is 16.3 Å². The fraction of sp³-hybridized carbons (Fsp3) is 0.304. The molecule has 162 valence electrons. The fourth-order valence-electron chi connectivity index (χ4n) is 2.91. The summed E-state index contributed by atoms with van der Waals surface area (Å²) < 4.78 is 5.47. The average molecular weight is 439 g/mol. The number of rotatable bonds is 9. The molecule has 2 N–H and O–H groups in total. The summed E-state index contributed by atoms with van der Waals surface area (Å²) in [7, 11) is 0. The lowest BCUT2D eigenvalue weighted by molar-refractivity contribution is -0.131. The van der Waals surface area contributed by atoms with Gasteiger partial charge in [-0.05, 0) is 37.1 Å². The van der Waals surface area contributed by atoms with E-state index >= 15 is 0 Å². The highest BCUT2D eigenvalue weighted by molar-refractivity contribution is 7.10. The molecule has 2 aromatic heterocycles. The maximum atomic E-state index is 12.9. The summed E-state index contributed by atoms with van der Waals surface area (Å²) in [5.74, 6) is -0.0905. The van der Waals surface area contributed by atoms with Crippen molar-refractivity contribution >= 4 is 23.2 Å². The number of carbonyl (C=O) groups excluding carboxylic acids is 2. The molecule has 2 atom stereocenters. The van der Waals surface area contributed by atoms with Crippen molar-refractivity contribution in [3.05, 3.63) is 65.2 Å². The zero-order chi connectivity index (χ0) is 22.2. The quantitative estimate of drug-likeness (QED) is 0.532. The molecule has 0 aliphatic carbocycles. The highest BCUT2D eigenvalue weighted by atomic mass is 32.1. The van der Waals surface area contributed by atoms with E-state index in [1.807, 2.05) is 56.5 Å². The van der Waals surface area contributed by atoms with E-state index in [1.54, 1.807) is 24.5 Å². The monoisotopic (exact) mass is 438 g/mol. The molecule has 3 rings (SSSR count). The van der Waals surface area contributed by atoms with Crippen LogP contribution in [-0.4, -0.2) is 34.4 Å². The van der Waals surface area contributed by atoms with Gasteiger partial charge in [0.1, 0.15) is 16.8 Å². The number of hydrogen-bond donors (Lipinski definition) is 2. The van der Waals surface area contributed by atoms with E-state index in [9.17, 15) is 9.59 Å². The van der Waals surface area contributed by atoms with Gasteiger partial charge in [0.2, 0.25) is 5.91 Å². The largest absolute Gasteiger partial charge is 0.484 e. The molecule has 0 aliphatic heterocycles. The van der Waals surface area contributed by atoms with E-state index < -0.39 is 6.04 Å². The second-order valence-electron chi connectivity index (χ2n) is 7.43. The number of nitrogens with zero attached hydrogens (tertiary/aromatic N) is 2. The van der Waals surface area contributed by atoms with Crippen molar-refractivity contribution < 1.29 is 14.3 Å². The third-order valence-corrected chi connectivity index (χ3v) is 5.61. The number of nitrogens with one attached hydrogen (secondary N) is 2. The Hall–Kier alpha value is -3.26. The molecule has 31 heavy (non-hydrogen) atoms. The number of benzene rings is 1. The molecule has 7 nitrogen and oxygen atoms in total.